The first kappa shape index (κ1) is 26.7. The molecular weight excluding hydrogens is 311 g/mol. The maximum atomic E-state index is 11.4. The third-order valence-electron chi connectivity index (χ3n) is 3.19. The normalized spacial score (nSPS) is 10.7. The Morgan fingerprint density at radius 2 is 1.76 bits per heavy atom. The van der Waals surface area contributed by atoms with E-state index in [-0.39, 0.29) is 58.2 Å². The number of nitrogens with two attached hydrogens (primary N) is 1. The summed E-state index contributed by atoms with van der Waals surface area (Å²) in [4.78, 5) is 22.4. The van der Waals surface area contributed by atoms with Gasteiger partial charge in [0.2, 0.25) is 5.91 Å². The van der Waals surface area contributed by atoms with Gasteiger partial charge in [-0.15, -0.1) is 9.24 Å². The molecule has 2 atom stereocenters. The molecule has 0 aromatic heterocycles. The van der Waals surface area contributed by atoms with Crippen LogP contribution in [0.1, 0.15) is 61.6 Å². The Morgan fingerprint density at radius 1 is 1.14 bits per heavy atom. The number of amides is 1. The van der Waals surface area contributed by atoms with E-state index < -0.39 is 0 Å². The Bertz CT molecular complexity index is 264. The second-order valence-electron chi connectivity index (χ2n) is 4.96. The summed E-state index contributed by atoms with van der Waals surface area (Å²) in [5.74, 6) is 0.530. The number of Topliss-reactive ketones (excluding diaryl/α,β-unsaturated/α-hetero) is 1. The number of hydrogen-bond acceptors (Lipinski definition) is 3. The first-order valence-electron chi connectivity index (χ1n) is 7.63. The van der Waals surface area contributed by atoms with Crippen molar-refractivity contribution in [2.24, 2.45) is 11.7 Å². The molecular formula is C15H35CaN2O2P. The molecule has 0 rings (SSSR count). The number of unbranched alkanes of at least 4 members (excludes halogenated alkanes) is 3. The maximum absolute atomic E-state index is 11.4. The van der Waals surface area contributed by atoms with E-state index in [2.05, 4.69) is 14.6 Å². The standard InChI is InChI=1S/C14H28N2O2.CH5P.Ca.2H/c1-12(13(2)17)8-5-7-11-16-14(18)9-4-3-6-10-15;1-2;;;/h12H,3-11,15H2,1-2H3,(H,16,18);2H2,1H3;;;/q;;+2;2*-1. The number of ketones is 1. The molecule has 0 aliphatic rings. The van der Waals surface area contributed by atoms with Crippen LogP contribution in [0.25, 0.3) is 0 Å². The summed E-state index contributed by atoms with van der Waals surface area (Å²) in [6, 6.07) is 0. The number of hydrogen-bond donors (Lipinski definition) is 2. The molecule has 4 nitrogen and oxygen atoms in total. The van der Waals surface area contributed by atoms with E-state index >= 15 is 0 Å². The molecule has 124 valence electrons. The average molecular weight is 347 g/mol. The molecule has 0 bridgehead atoms. The van der Waals surface area contributed by atoms with Gasteiger partial charge >= 0.3 is 37.7 Å². The molecule has 0 aliphatic heterocycles. The molecule has 0 aromatic rings. The largest absolute Gasteiger partial charge is 2.00 e. The summed E-state index contributed by atoms with van der Waals surface area (Å²) in [6.07, 6.45) is 6.41. The van der Waals surface area contributed by atoms with Gasteiger partial charge in [-0.1, -0.05) is 26.4 Å². The number of nitrogens with one attached hydrogen (secondary N) is 1. The van der Waals surface area contributed by atoms with E-state index in [1.807, 2.05) is 13.6 Å². The van der Waals surface area contributed by atoms with Crippen molar-refractivity contribution in [1.29, 1.82) is 0 Å². The van der Waals surface area contributed by atoms with E-state index in [4.69, 9.17) is 5.73 Å². The smallest absolute Gasteiger partial charge is 1.00 e. The minimum atomic E-state index is 0. The molecule has 3 N–H and O–H groups in total. The molecule has 0 spiro atoms. The Balaban J connectivity index is -0.000000207. The summed E-state index contributed by atoms with van der Waals surface area (Å²) in [5, 5.41) is 2.91. The molecule has 0 saturated carbocycles. The molecule has 0 aliphatic carbocycles. The minimum absolute atomic E-state index is 0. The summed E-state index contributed by atoms with van der Waals surface area (Å²) < 4.78 is 0. The number of carbonyl (C=O) groups is 2. The van der Waals surface area contributed by atoms with Crippen LogP contribution >= 0.6 is 9.24 Å². The number of carbonyl (C=O) groups excluding carboxylic acids is 2. The molecule has 0 heterocycles. The fourth-order valence-electron chi connectivity index (χ4n) is 1.70. The number of rotatable bonds is 11. The zero-order chi connectivity index (χ0) is 15.8. The van der Waals surface area contributed by atoms with Crippen molar-refractivity contribution in [3.63, 3.8) is 0 Å². The van der Waals surface area contributed by atoms with E-state index in [1.165, 1.54) is 0 Å². The third-order valence-corrected chi connectivity index (χ3v) is 3.19. The quantitative estimate of drug-likeness (QED) is 0.343. The van der Waals surface area contributed by atoms with Gasteiger partial charge < -0.3 is 13.9 Å². The van der Waals surface area contributed by atoms with Gasteiger partial charge in [0.05, 0.1) is 0 Å². The summed E-state index contributed by atoms with van der Waals surface area (Å²) in [6.45, 7) is 6.93. The zero-order valence-corrected chi connectivity index (χ0v) is 17.5. The monoisotopic (exact) mass is 346 g/mol. The van der Waals surface area contributed by atoms with Crippen LogP contribution in [-0.4, -0.2) is 69.2 Å². The topological polar surface area (TPSA) is 72.2 Å². The molecule has 0 saturated heterocycles. The molecule has 21 heavy (non-hydrogen) atoms. The predicted octanol–water partition coefficient (Wildman–Crippen LogP) is 2.35. The fraction of sp³-hybridized carbons (Fsp3) is 0.867. The maximum Gasteiger partial charge on any atom is 2.00 e. The third kappa shape index (κ3) is 20.8. The van der Waals surface area contributed by atoms with Crippen LogP contribution in [0.15, 0.2) is 0 Å². The predicted molar refractivity (Wildman–Crippen MR) is 97.8 cm³/mol. The molecule has 6 heteroatoms. The Morgan fingerprint density at radius 3 is 2.29 bits per heavy atom. The van der Waals surface area contributed by atoms with E-state index in [0.717, 1.165) is 45.1 Å². The van der Waals surface area contributed by atoms with Crippen molar-refractivity contribution >= 4 is 58.7 Å². The van der Waals surface area contributed by atoms with Crippen molar-refractivity contribution < 1.29 is 12.4 Å². The molecule has 0 aromatic carbocycles. The van der Waals surface area contributed by atoms with Gasteiger partial charge in [-0.3, -0.25) is 9.59 Å². The second-order valence-corrected chi connectivity index (χ2v) is 4.96. The summed E-state index contributed by atoms with van der Waals surface area (Å²) in [5.41, 5.74) is 5.38. The van der Waals surface area contributed by atoms with Gasteiger partial charge in [-0.2, -0.15) is 0 Å². The Hall–Kier alpha value is 0.790. The van der Waals surface area contributed by atoms with Crippen molar-refractivity contribution in [1.82, 2.24) is 5.32 Å². The molecule has 0 fully saturated rings. The van der Waals surface area contributed by atoms with Crippen LogP contribution < -0.4 is 11.1 Å². The van der Waals surface area contributed by atoms with Crippen molar-refractivity contribution in [3.05, 3.63) is 0 Å². The first-order chi connectivity index (χ1) is 9.57. The average Bonchev–Trinajstić information content (AvgIpc) is 2.45. The van der Waals surface area contributed by atoms with Crippen LogP contribution in [0.4, 0.5) is 0 Å². The van der Waals surface area contributed by atoms with Gasteiger partial charge in [0.1, 0.15) is 5.78 Å². The van der Waals surface area contributed by atoms with Crippen LogP contribution in [0, 0.1) is 5.92 Å². The van der Waals surface area contributed by atoms with Crippen LogP contribution in [-0.2, 0) is 9.59 Å². The van der Waals surface area contributed by atoms with Crippen molar-refractivity contribution in [2.45, 2.75) is 58.8 Å². The summed E-state index contributed by atoms with van der Waals surface area (Å²) in [7, 11) is 2.42. The molecule has 1 amide bonds. The van der Waals surface area contributed by atoms with E-state index in [9.17, 15) is 9.59 Å². The SMILES string of the molecule is CC(=O)C(C)CCCCNC(=O)CCCCCN.CP.[Ca+2].[H-].[H-]. The van der Waals surface area contributed by atoms with E-state index in [0.29, 0.717) is 13.0 Å². The minimum Gasteiger partial charge on any atom is -1.00 e. The van der Waals surface area contributed by atoms with Gasteiger partial charge in [0, 0.05) is 18.9 Å². The van der Waals surface area contributed by atoms with Gasteiger partial charge in [-0.25, -0.2) is 0 Å². The van der Waals surface area contributed by atoms with Crippen LogP contribution in [0.3, 0.4) is 0 Å². The second kappa shape index (κ2) is 20.8. The van der Waals surface area contributed by atoms with Crippen molar-refractivity contribution in [2.75, 3.05) is 19.8 Å². The van der Waals surface area contributed by atoms with E-state index in [1.54, 1.807) is 6.92 Å². The first-order valence-corrected chi connectivity index (χ1v) is 8.78. The van der Waals surface area contributed by atoms with Crippen LogP contribution in [0.5, 0.6) is 0 Å². The van der Waals surface area contributed by atoms with Crippen molar-refractivity contribution in [3.8, 4) is 0 Å². The zero-order valence-electron chi connectivity index (χ0n) is 16.1. The molecule has 0 radical (unpaired) electrons. The van der Waals surface area contributed by atoms with Crippen LogP contribution in [0.2, 0.25) is 0 Å². The fourth-order valence-corrected chi connectivity index (χ4v) is 1.70. The van der Waals surface area contributed by atoms with Gasteiger partial charge in [-0.05, 0) is 39.2 Å². The van der Waals surface area contributed by atoms with Gasteiger partial charge in [0.25, 0.3) is 0 Å². The van der Waals surface area contributed by atoms with Gasteiger partial charge in [0.15, 0.2) is 0 Å². The Labute approximate surface area is 165 Å². The summed E-state index contributed by atoms with van der Waals surface area (Å²) >= 11 is 0. The molecule has 2 unspecified atom stereocenters. The Kier molecular flexibility index (Phi) is 26.4.